The zero-order chi connectivity index (χ0) is 17.3. The molecule has 2 aromatic carbocycles. The van der Waals surface area contributed by atoms with Crippen molar-refractivity contribution < 1.29 is 4.79 Å². The Morgan fingerprint density at radius 1 is 1.21 bits per heavy atom. The number of carbonyl (C=O) groups is 1. The average Bonchev–Trinajstić information content (AvgIpc) is 2.57. The Hall–Kier alpha value is -2.59. The van der Waals surface area contributed by atoms with E-state index in [9.17, 15) is 9.59 Å². The van der Waals surface area contributed by atoms with Gasteiger partial charge in [-0.05, 0) is 38.1 Å². The fourth-order valence-electron chi connectivity index (χ4n) is 2.69. The highest BCUT2D eigenvalue weighted by Crippen LogP contribution is 2.21. The molecule has 4 nitrogen and oxygen atoms in total. The first kappa shape index (κ1) is 16.3. The van der Waals surface area contributed by atoms with Gasteiger partial charge in [0.2, 0.25) is 5.43 Å². The molecule has 0 unspecified atom stereocenters. The maximum atomic E-state index is 12.8. The molecule has 3 rings (SSSR count). The standard InChI is InChI=1S/C19H17ClN2O2/c1-3-22-11-14(18(23)13-10-12(2)8-9-17(13)22)19(24)21-16-7-5-4-6-15(16)20/h4-11H,3H2,1-2H3,(H,21,24). The molecule has 1 amide bonds. The summed E-state index contributed by atoms with van der Waals surface area (Å²) >= 11 is 6.07. The van der Waals surface area contributed by atoms with E-state index >= 15 is 0 Å². The third-order valence-corrected chi connectivity index (χ3v) is 4.27. The van der Waals surface area contributed by atoms with E-state index in [0.717, 1.165) is 11.1 Å². The predicted octanol–water partition coefficient (Wildman–Crippen LogP) is 4.24. The van der Waals surface area contributed by atoms with E-state index < -0.39 is 5.91 Å². The predicted molar refractivity (Wildman–Crippen MR) is 98.0 cm³/mol. The number of pyridine rings is 1. The molecule has 1 aromatic heterocycles. The van der Waals surface area contributed by atoms with Crippen LogP contribution < -0.4 is 10.7 Å². The summed E-state index contributed by atoms with van der Waals surface area (Å²) < 4.78 is 1.90. The van der Waals surface area contributed by atoms with Crippen LogP contribution in [0.4, 0.5) is 5.69 Å². The smallest absolute Gasteiger partial charge is 0.261 e. The van der Waals surface area contributed by atoms with Crippen molar-refractivity contribution in [2.75, 3.05) is 5.32 Å². The number of rotatable bonds is 3. The minimum atomic E-state index is -0.460. The lowest BCUT2D eigenvalue weighted by molar-refractivity contribution is 0.102. The van der Waals surface area contributed by atoms with E-state index in [1.54, 1.807) is 30.5 Å². The Labute approximate surface area is 144 Å². The average molecular weight is 341 g/mol. The van der Waals surface area contributed by atoms with E-state index in [1.807, 2.05) is 36.6 Å². The van der Waals surface area contributed by atoms with Crippen LogP contribution in [0.2, 0.25) is 5.02 Å². The van der Waals surface area contributed by atoms with Crippen LogP contribution in [0.25, 0.3) is 10.9 Å². The van der Waals surface area contributed by atoms with Crippen molar-refractivity contribution in [3.8, 4) is 0 Å². The van der Waals surface area contributed by atoms with Crippen LogP contribution in [0.1, 0.15) is 22.8 Å². The van der Waals surface area contributed by atoms with Gasteiger partial charge in [-0.1, -0.05) is 35.4 Å². The lowest BCUT2D eigenvalue weighted by atomic mass is 10.1. The summed E-state index contributed by atoms with van der Waals surface area (Å²) in [6, 6.07) is 12.6. The molecule has 0 aliphatic heterocycles. The van der Waals surface area contributed by atoms with E-state index in [0.29, 0.717) is 22.6 Å². The minimum Gasteiger partial charge on any atom is -0.347 e. The number of anilines is 1. The number of hydrogen-bond donors (Lipinski definition) is 1. The highest BCUT2D eigenvalue weighted by Gasteiger charge is 2.16. The Morgan fingerprint density at radius 3 is 2.67 bits per heavy atom. The molecule has 3 aromatic rings. The Balaban J connectivity index is 2.12. The van der Waals surface area contributed by atoms with Gasteiger partial charge in [-0.3, -0.25) is 9.59 Å². The number of nitrogens with one attached hydrogen (secondary N) is 1. The number of aryl methyl sites for hydroxylation is 2. The van der Waals surface area contributed by atoms with Crippen molar-refractivity contribution >= 4 is 34.1 Å². The van der Waals surface area contributed by atoms with E-state index in [2.05, 4.69) is 5.32 Å². The Bertz CT molecular complexity index is 992. The molecule has 1 N–H and O–H groups in total. The van der Waals surface area contributed by atoms with Gasteiger partial charge in [0, 0.05) is 18.1 Å². The van der Waals surface area contributed by atoms with Crippen molar-refractivity contribution in [2.24, 2.45) is 0 Å². The minimum absolute atomic E-state index is 0.106. The normalized spacial score (nSPS) is 10.8. The van der Waals surface area contributed by atoms with Gasteiger partial charge in [0.15, 0.2) is 0 Å². The van der Waals surface area contributed by atoms with Gasteiger partial charge in [0.05, 0.1) is 16.2 Å². The number of carbonyl (C=O) groups excluding carboxylic acids is 1. The highest BCUT2D eigenvalue weighted by molar-refractivity contribution is 6.33. The van der Waals surface area contributed by atoms with Gasteiger partial charge in [-0.15, -0.1) is 0 Å². The van der Waals surface area contributed by atoms with E-state index in [4.69, 9.17) is 11.6 Å². The number of nitrogens with zero attached hydrogens (tertiary/aromatic N) is 1. The van der Waals surface area contributed by atoms with Gasteiger partial charge in [-0.25, -0.2) is 0 Å². The maximum Gasteiger partial charge on any atom is 0.261 e. The van der Waals surface area contributed by atoms with Crippen LogP contribution >= 0.6 is 11.6 Å². The summed E-state index contributed by atoms with van der Waals surface area (Å²) in [4.78, 5) is 25.4. The van der Waals surface area contributed by atoms with E-state index in [1.165, 1.54) is 0 Å². The van der Waals surface area contributed by atoms with Crippen molar-refractivity contribution in [3.63, 3.8) is 0 Å². The molecule has 0 aliphatic rings. The van der Waals surface area contributed by atoms with Crippen LogP contribution in [-0.4, -0.2) is 10.5 Å². The fraction of sp³-hybridized carbons (Fsp3) is 0.158. The van der Waals surface area contributed by atoms with Crippen LogP contribution in [0.5, 0.6) is 0 Å². The SMILES string of the molecule is CCn1cc(C(=O)Nc2ccccc2Cl)c(=O)c2cc(C)ccc21. The molecule has 1 heterocycles. The monoisotopic (exact) mass is 340 g/mol. The summed E-state index contributed by atoms with van der Waals surface area (Å²) in [6.07, 6.45) is 1.60. The van der Waals surface area contributed by atoms with Crippen LogP contribution in [-0.2, 0) is 6.54 Å². The summed E-state index contributed by atoms with van der Waals surface area (Å²) in [5, 5.41) is 3.69. The molecule has 0 spiro atoms. The van der Waals surface area contributed by atoms with Gasteiger partial charge in [0.25, 0.3) is 5.91 Å². The summed E-state index contributed by atoms with van der Waals surface area (Å²) in [5.41, 5.74) is 2.11. The molecule has 122 valence electrons. The van der Waals surface area contributed by atoms with Crippen molar-refractivity contribution in [1.82, 2.24) is 4.57 Å². The molecular formula is C19H17ClN2O2. The number of amides is 1. The van der Waals surface area contributed by atoms with Gasteiger partial charge in [0.1, 0.15) is 5.56 Å². The summed E-state index contributed by atoms with van der Waals surface area (Å²) in [7, 11) is 0. The second-order valence-corrected chi connectivity index (χ2v) is 6.02. The number of fused-ring (bicyclic) bond motifs is 1. The Kier molecular flexibility index (Phi) is 4.40. The molecule has 0 bridgehead atoms. The number of halogens is 1. The maximum absolute atomic E-state index is 12.8. The third-order valence-electron chi connectivity index (χ3n) is 3.94. The quantitative estimate of drug-likeness (QED) is 0.775. The van der Waals surface area contributed by atoms with Crippen molar-refractivity contribution in [1.29, 1.82) is 0 Å². The Morgan fingerprint density at radius 2 is 1.96 bits per heavy atom. The number of para-hydroxylation sites is 1. The zero-order valence-corrected chi connectivity index (χ0v) is 14.2. The number of hydrogen-bond acceptors (Lipinski definition) is 2. The van der Waals surface area contributed by atoms with Gasteiger partial charge >= 0.3 is 0 Å². The molecule has 0 atom stereocenters. The van der Waals surface area contributed by atoms with E-state index in [-0.39, 0.29) is 11.0 Å². The van der Waals surface area contributed by atoms with Crippen molar-refractivity contribution in [2.45, 2.75) is 20.4 Å². The molecule has 0 fully saturated rings. The van der Waals surface area contributed by atoms with Gasteiger partial charge in [-0.2, -0.15) is 0 Å². The first-order valence-corrected chi connectivity index (χ1v) is 8.08. The van der Waals surface area contributed by atoms with Crippen LogP contribution in [0, 0.1) is 6.92 Å². The second-order valence-electron chi connectivity index (χ2n) is 5.61. The fourth-order valence-corrected chi connectivity index (χ4v) is 2.87. The molecule has 0 radical (unpaired) electrons. The lowest BCUT2D eigenvalue weighted by Gasteiger charge is -2.12. The molecule has 5 heteroatoms. The zero-order valence-electron chi connectivity index (χ0n) is 13.5. The number of aromatic nitrogens is 1. The largest absolute Gasteiger partial charge is 0.347 e. The molecule has 0 saturated carbocycles. The molecule has 24 heavy (non-hydrogen) atoms. The lowest BCUT2D eigenvalue weighted by Crippen LogP contribution is -2.24. The molecule has 0 saturated heterocycles. The van der Waals surface area contributed by atoms with Crippen molar-refractivity contribution in [3.05, 3.63) is 75.0 Å². The van der Waals surface area contributed by atoms with Crippen LogP contribution in [0.15, 0.2) is 53.5 Å². The van der Waals surface area contributed by atoms with Crippen LogP contribution in [0.3, 0.4) is 0 Å². The second kappa shape index (κ2) is 6.49. The molecular weight excluding hydrogens is 324 g/mol. The first-order chi connectivity index (χ1) is 11.5. The topological polar surface area (TPSA) is 51.1 Å². The highest BCUT2D eigenvalue weighted by atomic mass is 35.5. The summed E-state index contributed by atoms with van der Waals surface area (Å²) in [6.45, 7) is 4.55. The van der Waals surface area contributed by atoms with Gasteiger partial charge < -0.3 is 9.88 Å². The first-order valence-electron chi connectivity index (χ1n) is 7.71. The molecule has 0 aliphatic carbocycles. The third kappa shape index (κ3) is 2.93. The summed E-state index contributed by atoms with van der Waals surface area (Å²) in [5.74, 6) is -0.460. The number of benzene rings is 2.